The van der Waals surface area contributed by atoms with Gasteiger partial charge in [-0.3, -0.25) is 4.79 Å². The minimum atomic E-state index is -0.0534. The topological polar surface area (TPSA) is 56.6 Å². The van der Waals surface area contributed by atoms with Crippen molar-refractivity contribution in [2.24, 2.45) is 0 Å². The third kappa shape index (κ3) is 4.28. The molecule has 0 aliphatic rings. The Morgan fingerprint density at radius 1 is 1.07 bits per heavy atom. The van der Waals surface area contributed by atoms with Gasteiger partial charge < -0.3 is 14.4 Å². The summed E-state index contributed by atoms with van der Waals surface area (Å²) in [6, 6.07) is 16.8. The van der Waals surface area contributed by atoms with Crippen LogP contribution in [0.2, 0.25) is 0 Å². The molecule has 0 saturated carbocycles. The standard InChI is InChI=1S/C21H23N3O3/c1-16-12-13-22-24(16)18-10-8-17(9-11-18)21(25)23(2)14-15-27-20-7-5-4-6-19(20)26-3/h4-13H,14-15H2,1-3H3. The molecule has 3 rings (SSSR count). The zero-order chi connectivity index (χ0) is 19.2. The molecule has 6 heteroatoms. The van der Waals surface area contributed by atoms with Crippen LogP contribution in [-0.4, -0.2) is 47.9 Å². The van der Waals surface area contributed by atoms with Gasteiger partial charge in [0.25, 0.3) is 5.91 Å². The summed E-state index contributed by atoms with van der Waals surface area (Å²) in [5.41, 5.74) is 2.60. The maximum absolute atomic E-state index is 12.6. The highest BCUT2D eigenvalue weighted by Crippen LogP contribution is 2.25. The molecule has 0 aliphatic carbocycles. The molecule has 0 unspecified atom stereocenters. The highest BCUT2D eigenvalue weighted by Gasteiger charge is 2.12. The van der Waals surface area contributed by atoms with Crippen molar-refractivity contribution in [3.05, 3.63) is 72.1 Å². The predicted octanol–water partition coefficient (Wildman–Crippen LogP) is 3.34. The monoisotopic (exact) mass is 365 g/mol. The van der Waals surface area contributed by atoms with E-state index in [2.05, 4.69) is 5.10 Å². The zero-order valence-electron chi connectivity index (χ0n) is 15.8. The second kappa shape index (κ2) is 8.40. The first-order chi connectivity index (χ1) is 13.1. The quantitative estimate of drug-likeness (QED) is 0.644. The first kappa shape index (κ1) is 18.5. The van der Waals surface area contributed by atoms with Crippen molar-refractivity contribution in [1.29, 1.82) is 0 Å². The molecule has 0 atom stereocenters. The van der Waals surface area contributed by atoms with Crippen molar-refractivity contribution in [3.8, 4) is 17.2 Å². The summed E-state index contributed by atoms with van der Waals surface area (Å²) in [4.78, 5) is 14.2. The number of nitrogens with zero attached hydrogens (tertiary/aromatic N) is 3. The maximum atomic E-state index is 12.6. The van der Waals surface area contributed by atoms with Gasteiger partial charge >= 0.3 is 0 Å². The van der Waals surface area contributed by atoms with E-state index in [9.17, 15) is 4.79 Å². The molecular weight excluding hydrogens is 342 g/mol. The number of likely N-dealkylation sites (N-methyl/N-ethyl adjacent to an activating group) is 1. The number of carbonyl (C=O) groups excluding carboxylic acids is 1. The third-order valence-corrected chi connectivity index (χ3v) is 4.29. The van der Waals surface area contributed by atoms with Crippen molar-refractivity contribution in [2.75, 3.05) is 27.3 Å². The molecule has 0 radical (unpaired) electrons. The summed E-state index contributed by atoms with van der Waals surface area (Å²) in [6.07, 6.45) is 1.75. The Kier molecular flexibility index (Phi) is 5.76. The van der Waals surface area contributed by atoms with Crippen LogP contribution in [0, 0.1) is 6.92 Å². The summed E-state index contributed by atoms with van der Waals surface area (Å²) in [5, 5.41) is 4.27. The highest BCUT2D eigenvalue weighted by atomic mass is 16.5. The molecule has 1 aromatic heterocycles. The molecule has 0 N–H and O–H groups in total. The Hall–Kier alpha value is -3.28. The summed E-state index contributed by atoms with van der Waals surface area (Å²) in [5.74, 6) is 1.29. The van der Waals surface area contributed by atoms with Crippen molar-refractivity contribution < 1.29 is 14.3 Å². The van der Waals surface area contributed by atoms with Crippen molar-refractivity contribution >= 4 is 5.91 Å². The Labute approximate surface area is 158 Å². The molecule has 1 heterocycles. The van der Waals surface area contributed by atoms with Gasteiger partial charge in [-0.25, -0.2) is 4.68 Å². The molecule has 0 spiro atoms. The van der Waals surface area contributed by atoms with Crippen LogP contribution >= 0.6 is 0 Å². The number of aryl methyl sites for hydroxylation is 1. The fourth-order valence-electron chi connectivity index (χ4n) is 2.74. The Morgan fingerprint density at radius 3 is 2.41 bits per heavy atom. The molecule has 6 nitrogen and oxygen atoms in total. The van der Waals surface area contributed by atoms with Gasteiger partial charge in [0.15, 0.2) is 11.5 Å². The molecule has 27 heavy (non-hydrogen) atoms. The summed E-state index contributed by atoms with van der Waals surface area (Å²) >= 11 is 0. The molecule has 2 aromatic carbocycles. The molecule has 3 aromatic rings. The van der Waals surface area contributed by atoms with Crippen LogP contribution in [0.1, 0.15) is 16.1 Å². The van der Waals surface area contributed by atoms with E-state index >= 15 is 0 Å². The van der Waals surface area contributed by atoms with Gasteiger partial charge in [-0.1, -0.05) is 12.1 Å². The summed E-state index contributed by atoms with van der Waals surface area (Å²) in [6.45, 7) is 2.84. The van der Waals surface area contributed by atoms with Gasteiger partial charge in [0.05, 0.1) is 19.3 Å². The number of carbonyl (C=O) groups is 1. The van der Waals surface area contributed by atoms with Gasteiger partial charge in [-0.2, -0.15) is 5.10 Å². The fraction of sp³-hybridized carbons (Fsp3) is 0.238. The van der Waals surface area contributed by atoms with Gasteiger partial charge in [-0.15, -0.1) is 0 Å². The number of methoxy groups -OCH3 is 1. The lowest BCUT2D eigenvalue weighted by atomic mass is 10.2. The van der Waals surface area contributed by atoms with Crippen molar-refractivity contribution in [3.63, 3.8) is 0 Å². The number of hydrogen-bond donors (Lipinski definition) is 0. The van der Waals surface area contributed by atoms with E-state index in [1.165, 1.54) is 0 Å². The normalized spacial score (nSPS) is 10.5. The second-order valence-corrected chi connectivity index (χ2v) is 6.16. The van der Waals surface area contributed by atoms with Crippen LogP contribution < -0.4 is 9.47 Å². The van der Waals surface area contributed by atoms with Crippen LogP contribution in [0.25, 0.3) is 5.69 Å². The van der Waals surface area contributed by atoms with E-state index in [0.717, 1.165) is 11.4 Å². The average Bonchev–Trinajstić information content (AvgIpc) is 3.13. The number of rotatable bonds is 7. The van der Waals surface area contributed by atoms with Crippen molar-refractivity contribution in [1.82, 2.24) is 14.7 Å². The molecule has 0 bridgehead atoms. The number of ether oxygens (including phenoxy) is 2. The lowest BCUT2D eigenvalue weighted by Gasteiger charge is -2.18. The third-order valence-electron chi connectivity index (χ3n) is 4.29. The van der Waals surface area contributed by atoms with E-state index in [4.69, 9.17) is 9.47 Å². The van der Waals surface area contributed by atoms with Gasteiger partial charge in [0, 0.05) is 24.5 Å². The van der Waals surface area contributed by atoms with Gasteiger partial charge in [0.1, 0.15) is 6.61 Å². The van der Waals surface area contributed by atoms with Crippen LogP contribution in [0.15, 0.2) is 60.8 Å². The van der Waals surface area contributed by atoms with E-state index in [1.54, 1.807) is 25.3 Å². The average molecular weight is 365 g/mol. The number of para-hydroxylation sites is 2. The maximum Gasteiger partial charge on any atom is 0.253 e. The lowest BCUT2D eigenvalue weighted by molar-refractivity contribution is 0.0773. The van der Waals surface area contributed by atoms with Crippen LogP contribution in [-0.2, 0) is 0 Å². The lowest BCUT2D eigenvalue weighted by Crippen LogP contribution is -2.30. The Balaban J connectivity index is 1.58. The number of hydrogen-bond acceptors (Lipinski definition) is 4. The van der Waals surface area contributed by atoms with Crippen LogP contribution in [0.3, 0.4) is 0 Å². The van der Waals surface area contributed by atoms with Gasteiger partial charge in [-0.05, 0) is 49.4 Å². The Morgan fingerprint density at radius 2 is 1.78 bits per heavy atom. The molecule has 0 aliphatic heterocycles. The summed E-state index contributed by atoms with van der Waals surface area (Å²) < 4.78 is 12.8. The zero-order valence-corrected chi connectivity index (χ0v) is 15.8. The number of amides is 1. The van der Waals surface area contributed by atoms with E-state index < -0.39 is 0 Å². The fourth-order valence-corrected chi connectivity index (χ4v) is 2.74. The van der Waals surface area contributed by atoms with E-state index in [0.29, 0.717) is 30.2 Å². The second-order valence-electron chi connectivity index (χ2n) is 6.16. The molecule has 1 amide bonds. The molecule has 140 valence electrons. The van der Waals surface area contributed by atoms with Crippen LogP contribution in [0.4, 0.5) is 0 Å². The smallest absolute Gasteiger partial charge is 0.253 e. The first-order valence-corrected chi connectivity index (χ1v) is 8.72. The first-order valence-electron chi connectivity index (χ1n) is 8.72. The molecule has 0 fully saturated rings. The van der Waals surface area contributed by atoms with Crippen molar-refractivity contribution in [2.45, 2.75) is 6.92 Å². The minimum absolute atomic E-state index is 0.0534. The minimum Gasteiger partial charge on any atom is -0.493 e. The highest BCUT2D eigenvalue weighted by molar-refractivity contribution is 5.94. The Bertz CT molecular complexity index is 903. The van der Waals surface area contributed by atoms with Crippen LogP contribution in [0.5, 0.6) is 11.5 Å². The SMILES string of the molecule is COc1ccccc1OCCN(C)C(=O)c1ccc(-n2nccc2C)cc1. The largest absolute Gasteiger partial charge is 0.493 e. The number of aromatic nitrogens is 2. The van der Waals surface area contributed by atoms with Gasteiger partial charge in [0.2, 0.25) is 0 Å². The van der Waals surface area contributed by atoms with E-state index in [-0.39, 0.29) is 5.91 Å². The molecular formula is C21H23N3O3. The number of benzene rings is 2. The predicted molar refractivity (Wildman–Crippen MR) is 104 cm³/mol. The molecule has 0 saturated heterocycles. The summed E-state index contributed by atoms with van der Waals surface area (Å²) in [7, 11) is 3.37. The van der Waals surface area contributed by atoms with E-state index in [1.807, 2.05) is 66.2 Å².